The molecule has 27 heavy (non-hydrogen) atoms. The fourth-order valence-electron chi connectivity index (χ4n) is 3.41. The number of benzene rings is 1. The van der Waals surface area contributed by atoms with Gasteiger partial charge in [-0.1, -0.05) is 31.6 Å². The third-order valence-electron chi connectivity index (χ3n) is 5.13. The summed E-state index contributed by atoms with van der Waals surface area (Å²) in [6.45, 7) is 6.51. The number of allylic oxidation sites excluding steroid dienone is 2. The van der Waals surface area contributed by atoms with Crippen LogP contribution >= 0.6 is 0 Å². The molecule has 0 N–H and O–H groups in total. The Balaban J connectivity index is 1.92. The quantitative estimate of drug-likeness (QED) is 0.313. The van der Waals surface area contributed by atoms with Crippen LogP contribution in [-0.4, -0.2) is 40.5 Å². The second-order valence-electron chi connectivity index (χ2n) is 7.32. The standard InChI is InChI=1S/C22H34O5/c1-15(2)18-13-17(14-19(23-4)21(18)24-5)10-8-9-16(3)11-12-20-22(25-6,26-7)27-20/h9,13-15,20H,8,10-12H2,1-7H3/b16-9+/t20-/m0/s1. The van der Waals surface area contributed by atoms with E-state index in [0.717, 1.165) is 37.2 Å². The van der Waals surface area contributed by atoms with Gasteiger partial charge in [-0.15, -0.1) is 0 Å². The van der Waals surface area contributed by atoms with Gasteiger partial charge in [-0.3, -0.25) is 0 Å². The fraction of sp³-hybridized carbons (Fsp3) is 0.636. The van der Waals surface area contributed by atoms with Gasteiger partial charge in [-0.2, -0.15) is 0 Å². The van der Waals surface area contributed by atoms with Crippen molar-refractivity contribution in [2.75, 3.05) is 28.4 Å². The summed E-state index contributed by atoms with van der Waals surface area (Å²) in [6, 6.07) is 4.32. The number of hydrogen-bond acceptors (Lipinski definition) is 5. The van der Waals surface area contributed by atoms with Gasteiger partial charge in [0.15, 0.2) is 11.5 Å². The van der Waals surface area contributed by atoms with E-state index >= 15 is 0 Å². The molecule has 0 spiro atoms. The molecule has 1 aromatic carbocycles. The highest BCUT2D eigenvalue weighted by molar-refractivity contribution is 5.51. The summed E-state index contributed by atoms with van der Waals surface area (Å²) in [5.41, 5.74) is 3.81. The smallest absolute Gasteiger partial charge is 0.311 e. The van der Waals surface area contributed by atoms with E-state index in [-0.39, 0.29) is 6.10 Å². The Labute approximate surface area is 163 Å². The molecule has 1 aromatic rings. The van der Waals surface area contributed by atoms with Crippen LogP contribution in [0, 0.1) is 0 Å². The Hall–Kier alpha value is -1.56. The first-order chi connectivity index (χ1) is 12.9. The van der Waals surface area contributed by atoms with Gasteiger partial charge in [-0.25, -0.2) is 0 Å². The molecule has 1 fully saturated rings. The molecule has 0 bridgehead atoms. The summed E-state index contributed by atoms with van der Waals surface area (Å²) in [6.07, 6.45) is 6.16. The maximum absolute atomic E-state index is 5.55. The predicted molar refractivity (Wildman–Crippen MR) is 107 cm³/mol. The lowest BCUT2D eigenvalue weighted by atomic mass is 9.96. The van der Waals surface area contributed by atoms with Crippen molar-refractivity contribution in [1.29, 1.82) is 0 Å². The molecule has 0 amide bonds. The minimum Gasteiger partial charge on any atom is -0.493 e. The molecule has 5 nitrogen and oxygen atoms in total. The Morgan fingerprint density at radius 3 is 2.37 bits per heavy atom. The summed E-state index contributed by atoms with van der Waals surface area (Å²) in [7, 11) is 6.61. The van der Waals surface area contributed by atoms with Crippen molar-refractivity contribution < 1.29 is 23.7 Å². The van der Waals surface area contributed by atoms with Gasteiger partial charge < -0.3 is 23.7 Å². The van der Waals surface area contributed by atoms with Crippen molar-refractivity contribution >= 4 is 0 Å². The van der Waals surface area contributed by atoms with Crippen LogP contribution in [0.25, 0.3) is 0 Å². The summed E-state index contributed by atoms with van der Waals surface area (Å²) in [4.78, 5) is 0. The highest BCUT2D eigenvalue weighted by Gasteiger charge is 2.58. The molecule has 0 unspecified atom stereocenters. The molecule has 0 aliphatic carbocycles. The maximum atomic E-state index is 5.55. The van der Waals surface area contributed by atoms with E-state index in [9.17, 15) is 0 Å². The van der Waals surface area contributed by atoms with Crippen molar-refractivity contribution in [3.63, 3.8) is 0 Å². The van der Waals surface area contributed by atoms with Crippen molar-refractivity contribution in [2.24, 2.45) is 0 Å². The average molecular weight is 379 g/mol. The zero-order valence-electron chi connectivity index (χ0n) is 17.8. The first-order valence-electron chi connectivity index (χ1n) is 9.59. The topological polar surface area (TPSA) is 49.5 Å². The third kappa shape index (κ3) is 5.24. The van der Waals surface area contributed by atoms with Crippen molar-refractivity contribution in [3.05, 3.63) is 34.9 Å². The van der Waals surface area contributed by atoms with Crippen LogP contribution in [0.5, 0.6) is 11.5 Å². The predicted octanol–water partition coefficient (Wildman–Crippen LogP) is 4.83. The zero-order chi connectivity index (χ0) is 20.0. The van der Waals surface area contributed by atoms with Gasteiger partial charge >= 0.3 is 5.97 Å². The first-order valence-corrected chi connectivity index (χ1v) is 9.59. The number of aryl methyl sites for hydroxylation is 1. The highest BCUT2D eigenvalue weighted by atomic mass is 16.9. The molecule has 1 heterocycles. The van der Waals surface area contributed by atoms with Crippen molar-refractivity contribution in [1.82, 2.24) is 0 Å². The SMILES string of the molecule is COc1cc(CC/C=C(\C)CC[C@@H]2OC2(OC)OC)cc(C(C)C)c1OC. The molecule has 152 valence electrons. The Bertz CT molecular complexity index is 646. The Morgan fingerprint density at radius 2 is 1.85 bits per heavy atom. The normalized spacial score (nSPS) is 18.7. The van der Waals surface area contributed by atoms with Crippen LogP contribution < -0.4 is 9.47 Å². The van der Waals surface area contributed by atoms with Crippen molar-refractivity contribution in [2.45, 2.75) is 64.4 Å². The lowest BCUT2D eigenvalue weighted by Crippen LogP contribution is -2.20. The van der Waals surface area contributed by atoms with Gasteiger partial charge in [-0.05, 0) is 50.2 Å². The molecule has 0 aromatic heterocycles. The van der Waals surface area contributed by atoms with E-state index in [2.05, 4.69) is 39.0 Å². The summed E-state index contributed by atoms with van der Waals surface area (Å²) >= 11 is 0. The highest BCUT2D eigenvalue weighted by Crippen LogP contribution is 2.41. The van der Waals surface area contributed by atoms with E-state index in [0.29, 0.717) is 5.92 Å². The summed E-state index contributed by atoms with van der Waals surface area (Å²) in [5, 5.41) is 0. The second kappa shape index (κ2) is 9.58. The number of ether oxygens (including phenoxy) is 5. The van der Waals surface area contributed by atoms with E-state index < -0.39 is 5.97 Å². The summed E-state index contributed by atoms with van der Waals surface area (Å²) in [5.74, 6) is 1.21. The lowest BCUT2D eigenvalue weighted by molar-refractivity contribution is -0.196. The van der Waals surface area contributed by atoms with E-state index in [4.69, 9.17) is 23.7 Å². The van der Waals surface area contributed by atoms with Crippen LogP contribution in [0.3, 0.4) is 0 Å². The summed E-state index contributed by atoms with van der Waals surface area (Å²) < 4.78 is 27.1. The fourth-order valence-corrected chi connectivity index (χ4v) is 3.41. The third-order valence-corrected chi connectivity index (χ3v) is 5.13. The second-order valence-corrected chi connectivity index (χ2v) is 7.32. The molecular formula is C22H34O5. The van der Waals surface area contributed by atoms with Crippen LogP contribution in [0.15, 0.2) is 23.8 Å². The Kier molecular flexibility index (Phi) is 7.71. The van der Waals surface area contributed by atoms with E-state index in [1.165, 1.54) is 16.7 Å². The number of epoxide rings is 1. The zero-order valence-corrected chi connectivity index (χ0v) is 17.8. The molecule has 2 rings (SSSR count). The van der Waals surface area contributed by atoms with Gasteiger partial charge in [0.2, 0.25) is 0 Å². The molecule has 1 saturated heterocycles. The number of hydrogen-bond donors (Lipinski definition) is 0. The molecule has 1 atom stereocenters. The monoisotopic (exact) mass is 378 g/mol. The van der Waals surface area contributed by atoms with Crippen molar-refractivity contribution in [3.8, 4) is 11.5 Å². The van der Waals surface area contributed by atoms with Crippen LogP contribution in [0.2, 0.25) is 0 Å². The molecule has 5 heteroatoms. The van der Waals surface area contributed by atoms with E-state index in [1.807, 2.05) is 0 Å². The largest absolute Gasteiger partial charge is 0.493 e. The minimum absolute atomic E-state index is 0.0234. The van der Waals surface area contributed by atoms with Gasteiger partial charge in [0.25, 0.3) is 0 Å². The lowest BCUT2D eigenvalue weighted by Gasteiger charge is -2.17. The average Bonchev–Trinajstić information content (AvgIpc) is 3.39. The van der Waals surface area contributed by atoms with Gasteiger partial charge in [0.1, 0.15) is 6.10 Å². The maximum Gasteiger partial charge on any atom is 0.311 e. The van der Waals surface area contributed by atoms with Crippen LogP contribution in [-0.2, 0) is 20.6 Å². The molecule has 1 aliphatic heterocycles. The molecule has 0 saturated carbocycles. The molecule has 0 radical (unpaired) electrons. The van der Waals surface area contributed by atoms with Crippen LogP contribution in [0.1, 0.15) is 57.1 Å². The number of methoxy groups -OCH3 is 4. The molecule has 1 aliphatic rings. The van der Waals surface area contributed by atoms with Gasteiger partial charge in [0, 0.05) is 19.8 Å². The van der Waals surface area contributed by atoms with E-state index in [1.54, 1.807) is 28.4 Å². The molecular weight excluding hydrogens is 344 g/mol. The van der Waals surface area contributed by atoms with Gasteiger partial charge in [0.05, 0.1) is 14.2 Å². The number of rotatable bonds is 11. The minimum atomic E-state index is -0.812. The Morgan fingerprint density at radius 1 is 1.15 bits per heavy atom. The first kappa shape index (κ1) is 21.7. The van der Waals surface area contributed by atoms with Crippen LogP contribution in [0.4, 0.5) is 0 Å².